The van der Waals surface area contributed by atoms with E-state index < -0.39 is 0 Å². The number of rotatable bonds is 6. The van der Waals surface area contributed by atoms with Crippen molar-refractivity contribution in [2.24, 2.45) is 0 Å². The lowest BCUT2D eigenvalue weighted by atomic mass is 10.1. The van der Waals surface area contributed by atoms with Gasteiger partial charge in [-0.15, -0.1) is 0 Å². The molecule has 0 spiro atoms. The van der Waals surface area contributed by atoms with Crippen molar-refractivity contribution in [2.45, 2.75) is 12.8 Å². The van der Waals surface area contributed by atoms with E-state index in [0.29, 0.717) is 0 Å². The van der Waals surface area contributed by atoms with Crippen LogP contribution in [0.15, 0.2) is 24.3 Å². The molecule has 0 bridgehead atoms. The third kappa shape index (κ3) is 3.59. The van der Waals surface area contributed by atoms with Crippen molar-refractivity contribution in [1.29, 1.82) is 0 Å². The van der Waals surface area contributed by atoms with E-state index in [2.05, 4.69) is 0 Å². The van der Waals surface area contributed by atoms with E-state index in [9.17, 15) is 0 Å². The van der Waals surface area contributed by atoms with Gasteiger partial charge in [0.05, 0.1) is 14.2 Å². The number of hydrogen-bond acceptors (Lipinski definition) is 3. The highest BCUT2D eigenvalue weighted by Crippen LogP contribution is 2.25. The van der Waals surface area contributed by atoms with E-state index in [1.54, 1.807) is 14.2 Å². The molecule has 0 amide bonds. The molecule has 1 N–H and O–H groups in total. The summed E-state index contributed by atoms with van der Waals surface area (Å²) in [5.41, 5.74) is 0.986. The standard InChI is InChI=1S/C13H18O3/c1-15-12-7-8-13(16-2)11(10-12)6-4-3-5-9-14/h4,6-8,10,14H,3,5,9H2,1-2H3/b6-4+. The Morgan fingerprint density at radius 1 is 1.25 bits per heavy atom. The van der Waals surface area contributed by atoms with Crippen LogP contribution in [-0.2, 0) is 0 Å². The van der Waals surface area contributed by atoms with Crippen LogP contribution in [0.2, 0.25) is 0 Å². The number of methoxy groups -OCH3 is 2. The second-order valence-corrected chi connectivity index (χ2v) is 3.38. The van der Waals surface area contributed by atoms with Gasteiger partial charge in [0, 0.05) is 12.2 Å². The predicted molar refractivity (Wildman–Crippen MR) is 64.9 cm³/mol. The van der Waals surface area contributed by atoms with Gasteiger partial charge in [-0.05, 0) is 31.0 Å². The van der Waals surface area contributed by atoms with Crippen LogP contribution in [0.1, 0.15) is 18.4 Å². The number of benzene rings is 1. The van der Waals surface area contributed by atoms with Crippen LogP contribution in [0.4, 0.5) is 0 Å². The van der Waals surface area contributed by atoms with Gasteiger partial charge in [0.15, 0.2) is 0 Å². The van der Waals surface area contributed by atoms with Crippen molar-refractivity contribution in [2.75, 3.05) is 20.8 Å². The van der Waals surface area contributed by atoms with Gasteiger partial charge in [-0.1, -0.05) is 12.2 Å². The molecule has 16 heavy (non-hydrogen) atoms. The molecule has 0 aliphatic carbocycles. The maximum atomic E-state index is 8.67. The topological polar surface area (TPSA) is 38.7 Å². The second kappa shape index (κ2) is 6.90. The molecule has 0 aliphatic heterocycles. The molecule has 1 aromatic carbocycles. The minimum atomic E-state index is 0.222. The van der Waals surface area contributed by atoms with E-state index in [1.165, 1.54) is 0 Å². The third-order valence-corrected chi connectivity index (χ3v) is 2.26. The summed E-state index contributed by atoms with van der Waals surface area (Å²) in [4.78, 5) is 0. The fraction of sp³-hybridized carbons (Fsp3) is 0.385. The lowest BCUT2D eigenvalue weighted by Crippen LogP contribution is -1.89. The maximum absolute atomic E-state index is 8.67. The van der Waals surface area contributed by atoms with Gasteiger partial charge in [-0.25, -0.2) is 0 Å². The zero-order chi connectivity index (χ0) is 11.8. The first kappa shape index (κ1) is 12.6. The Bertz CT molecular complexity index is 345. The summed E-state index contributed by atoms with van der Waals surface area (Å²) in [7, 11) is 3.29. The maximum Gasteiger partial charge on any atom is 0.126 e. The average Bonchev–Trinajstić information content (AvgIpc) is 2.34. The first-order chi connectivity index (χ1) is 7.81. The second-order valence-electron chi connectivity index (χ2n) is 3.38. The van der Waals surface area contributed by atoms with Crippen LogP contribution in [0.3, 0.4) is 0 Å². The number of allylic oxidation sites excluding steroid dienone is 1. The van der Waals surface area contributed by atoms with Gasteiger partial charge in [-0.2, -0.15) is 0 Å². The number of hydrogen-bond donors (Lipinski definition) is 1. The van der Waals surface area contributed by atoms with Crippen LogP contribution < -0.4 is 9.47 Å². The quantitative estimate of drug-likeness (QED) is 0.751. The third-order valence-electron chi connectivity index (χ3n) is 2.26. The smallest absolute Gasteiger partial charge is 0.126 e. The molecular weight excluding hydrogens is 204 g/mol. The van der Waals surface area contributed by atoms with Crippen molar-refractivity contribution < 1.29 is 14.6 Å². The normalized spacial score (nSPS) is 10.7. The van der Waals surface area contributed by atoms with Gasteiger partial charge in [-0.3, -0.25) is 0 Å². The molecule has 88 valence electrons. The van der Waals surface area contributed by atoms with Crippen LogP contribution >= 0.6 is 0 Å². The van der Waals surface area contributed by atoms with Crippen LogP contribution in [-0.4, -0.2) is 25.9 Å². The number of unbranched alkanes of at least 4 members (excludes halogenated alkanes) is 1. The molecule has 0 saturated carbocycles. The summed E-state index contributed by atoms with van der Waals surface area (Å²) in [6.07, 6.45) is 5.64. The van der Waals surface area contributed by atoms with Gasteiger partial charge in [0.25, 0.3) is 0 Å². The molecule has 3 heteroatoms. The monoisotopic (exact) mass is 222 g/mol. The fourth-order valence-electron chi connectivity index (χ4n) is 1.39. The molecule has 0 atom stereocenters. The Labute approximate surface area is 96.3 Å². The van der Waals surface area contributed by atoms with Crippen LogP contribution in [0, 0.1) is 0 Å². The first-order valence-corrected chi connectivity index (χ1v) is 5.31. The van der Waals surface area contributed by atoms with Crippen molar-refractivity contribution in [3.8, 4) is 11.5 Å². The fourth-order valence-corrected chi connectivity index (χ4v) is 1.39. The van der Waals surface area contributed by atoms with Gasteiger partial charge in [0.2, 0.25) is 0 Å². The molecule has 0 aliphatic rings. The van der Waals surface area contributed by atoms with Crippen molar-refractivity contribution in [3.05, 3.63) is 29.8 Å². The Kier molecular flexibility index (Phi) is 5.43. The van der Waals surface area contributed by atoms with Gasteiger partial charge >= 0.3 is 0 Å². The molecule has 0 heterocycles. The largest absolute Gasteiger partial charge is 0.497 e. The van der Waals surface area contributed by atoms with Crippen LogP contribution in [0.5, 0.6) is 11.5 Å². The van der Waals surface area contributed by atoms with Crippen molar-refractivity contribution >= 4 is 6.08 Å². The molecular formula is C13H18O3. The molecule has 0 radical (unpaired) electrons. The van der Waals surface area contributed by atoms with Crippen molar-refractivity contribution in [3.63, 3.8) is 0 Å². The van der Waals surface area contributed by atoms with E-state index >= 15 is 0 Å². The molecule has 3 nitrogen and oxygen atoms in total. The minimum absolute atomic E-state index is 0.222. The van der Waals surface area contributed by atoms with Crippen molar-refractivity contribution in [1.82, 2.24) is 0 Å². The summed E-state index contributed by atoms with van der Waals surface area (Å²) in [6, 6.07) is 5.67. The summed E-state index contributed by atoms with van der Waals surface area (Å²) in [6.45, 7) is 0.222. The summed E-state index contributed by atoms with van der Waals surface area (Å²) in [5, 5.41) is 8.67. The highest BCUT2D eigenvalue weighted by atomic mass is 16.5. The lowest BCUT2D eigenvalue weighted by Gasteiger charge is -2.07. The average molecular weight is 222 g/mol. The SMILES string of the molecule is COc1ccc(OC)c(/C=C/CCCO)c1. The highest BCUT2D eigenvalue weighted by Gasteiger charge is 2.01. The van der Waals surface area contributed by atoms with E-state index in [1.807, 2.05) is 30.4 Å². The molecule has 1 rings (SSSR count). The number of aliphatic hydroxyl groups is 1. The Balaban J connectivity index is 2.78. The van der Waals surface area contributed by atoms with Gasteiger partial charge in [0.1, 0.15) is 11.5 Å². The van der Waals surface area contributed by atoms with Gasteiger partial charge < -0.3 is 14.6 Å². The molecule has 0 aromatic heterocycles. The zero-order valence-corrected chi connectivity index (χ0v) is 9.77. The predicted octanol–water partition coefficient (Wildman–Crippen LogP) is 2.49. The Morgan fingerprint density at radius 3 is 2.69 bits per heavy atom. The number of aliphatic hydroxyl groups excluding tert-OH is 1. The Hall–Kier alpha value is -1.48. The summed E-state index contributed by atoms with van der Waals surface area (Å²) >= 11 is 0. The van der Waals surface area contributed by atoms with E-state index in [4.69, 9.17) is 14.6 Å². The molecule has 1 aromatic rings. The number of ether oxygens (including phenoxy) is 2. The lowest BCUT2D eigenvalue weighted by molar-refractivity contribution is 0.290. The minimum Gasteiger partial charge on any atom is -0.497 e. The molecule has 0 fully saturated rings. The summed E-state index contributed by atoms with van der Waals surface area (Å²) < 4.78 is 10.4. The highest BCUT2D eigenvalue weighted by molar-refractivity contribution is 5.59. The zero-order valence-electron chi connectivity index (χ0n) is 9.77. The summed E-state index contributed by atoms with van der Waals surface area (Å²) in [5.74, 6) is 1.63. The van der Waals surface area contributed by atoms with Crippen LogP contribution in [0.25, 0.3) is 6.08 Å². The Morgan fingerprint density at radius 2 is 2.06 bits per heavy atom. The molecule has 0 unspecified atom stereocenters. The van der Waals surface area contributed by atoms with E-state index in [0.717, 1.165) is 29.9 Å². The van der Waals surface area contributed by atoms with E-state index in [-0.39, 0.29) is 6.61 Å². The first-order valence-electron chi connectivity index (χ1n) is 5.31. The molecule has 0 saturated heterocycles.